The SMILES string of the molecule is CCCCCCCCCCCC(O)CCCCCCCCCCC(C)S(=O)(=O)[O-].[Na+]. The van der Waals surface area contributed by atoms with Gasteiger partial charge in [-0.25, -0.2) is 8.42 Å². The van der Waals surface area contributed by atoms with Crippen molar-refractivity contribution in [2.24, 2.45) is 0 Å². The van der Waals surface area contributed by atoms with Crippen LogP contribution in [0.25, 0.3) is 0 Å². The van der Waals surface area contributed by atoms with Gasteiger partial charge in [-0.3, -0.25) is 0 Å². The fourth-order valence-corrected chi connectivity index (χ4v) is 4.31. The van der Waals surface area contributed by atoms with Crippen molar-refractivity contribution >= 4 is 10.1 Å². The third-order valence-corrected chi connectivity index (χ3v) is 7.25. The predicted octanol–water partition coefficient (Wildman–Crippen LogP) is 4.11. The van der Waals surface area contributed by atoms with Crippen LogP contribution in [0.2, 0.25) is 0 Å². The maximum Gasteiger partial charge on any atom is 1.00 e. The molecule has 0 saturated carbocycles. The number of aliphatic hydroxyl groups is 1. The van der Waals surface area contributed by atoms with E-state index in [-0.39, 0.29) is 35.7 Å². The van der Waals surface area contributed by atoms with Gasteiger partial charge in [-0.1, -0.05) is 116 Å². The van der Waals surface area contributed by atoms with E-state index in [1.807, 2.05) is 0 Å². The molecule has 6 heteroatoms. The summed E-state index contributed by atoms with van der Waals surface area (Å²) in [7, 11) is -4.10. The number of hydrogen-bond donors (Lipinski definition) is 1. The molecule has 30 heavy (non-hydrogen) atoms. The molecule has 2 atom stereocenters. The Balaban J connectivity index is 0. The second-order valence-electron chi connectivity index (χ2n) is 8.98. The van der Waals surface area contributed by atoms with E-state index in [0.717, 1.165) is 38.5 Å². The Morgan fingerprint density at radius 1 is 0.633 bits per heavy atom. The summed E-state index contributed by atoms with van der Waals surface area (Å²) in [6, 6.07) is 0. The molecule has 0 spiro atoms. The molecular weight excluding hydrogens is 407 g/mol. The average molecular weight is 457 g/mol. The first kappa shape index (κ1) is 33.0. The van der Waals surface area contributed by atoms with Gasteiger partial charge in [0.25, 0.3) is 0 Å². The number of aliphatic hydroxyl groups excluding tert-OH is 1. The molecule has 0 aliphatic rings. The Kier molecular flexibility index (Phi) is 25.4. The minimum Gasteiger partial charge on any atom is -0.748 e. The Morgan fingerprint density at radius 2 is 0.933 bits per heavy atom. The van der Waals surface area contributed by atoms with Crippen LogP contribution in [0.3, 0.4) is 0 Å². The first-order valence-electron chi connectivity index (χ1n) is 12.5. The van der Waals surface area contributed by atoms with Crippen molar-refractivity contribution < 1.29 is 47.6 Å². The smallest absolute Gasteiger partial charge is 0.748 e. The maximum absolute atomic E-state index is 10.8. The average Bonchev–Trinajstić information content (AvgIpc) is 2.67. The minimum absolute atomic E-state index is 0. The summed E-state index contributed by atoms with van der Waals surface area (Å²) < 4.78 is 32.4. The van der Waals surface area contributed by atoms with Crippen molar-refractivity contribution in [2.45, 2.75) is 154 Å². The molecule has 176 valence electrons. The molecule has 0 aromatic heterocycles. The van der Waals surface area contributed by atoms with E-state index in [0.29, 0.717) is 6.42 Å². The normalized spacial score (nSPS) is 13.7. The summed E-state index contributed by atoms with van der Waals surface area (Å²) in [5.74, 6) is 0. The number of rotatable bonds is 22. The second-order valence-corrected chi connectivity index (χ2v) is 10.8. The zero-order valence-corrected chi connectivity index (χ0v) is 23.2. The zero-order chi connectivity index (χ0) is 21.8. The predicted molar refractivity (Wildman–Crippen MR) is 123 cm³/mol. The van der Waals surface area contributed by atoms with Gasteiger partial charge in [-0.05, 0) is 26.2 Å². The first-order chi connectivity index (χ1) is 13.9. The standard InChI is InChI=1S/C24H50O4S.Na/c1-3-4-5-6-7-8-12-15-18-21-24(25)22-19-16-13-10-9-11-14-17-20-23(2)29(26,27)28;/h23-25H,3-22H2,1-2H3,(H,26,27,28);/q;+1/p-1. The van der Waals surface area contributed by atoms with Gasteiger partial charge in [0.2, 0.25) is 0 Å². The van der Waals surface area contributed by atoms with Crippen LogP contribution in [0.4, 0.5) is 0 Å². The van der Waals surface area contributed by atoms with Crippen molar-refractivity contribution in [1.29, 1.82) is 0 Å². The summed E-state index contributed by atoms with van der Waals surface area (Å²) in [4.78, 5) is 0. The van der Waals surface area contributed by atoms with Crippen LogP contribution in [0, 0.1) is 0 Å². The minimum atomic E-state index is -4.10. The quantitative estimate of drug-likeness (QED) is 0.151. The van der Waals surface area contributed by atoms with Gasteiger partial charge in [-0.2, -0.15) is 0 Å². The molecule has 0 rings (SSSR count). The Bertz CT molecular complexity index is 442. The maximum atomic E-state index is 10.8. The molecule has 2 unspecified atom stereocenters. The van der Waals surface area contributed by atoms with Gasteiger partial charge < -0.3 is 9.66 Å². The molecule has 0 aliphatic carbocycles. The number of hydrogen-bond acceptors (Lipinski definition) is 4. The van der Waals surface area contributed by atoms with Crippen molar-refractivity contribution in [3.05, 3.63) is 0 Å². The molecule has 4 nitrogen and oxygen atoms in total. The van der Waals surface area contributed by atoms with Gasteiger partial charge in [0.1, 0.15) is 0 Å². The summed E-state index contributed by atoms with van der Waals surface area (Å²) in [5, 5.41) is 9.34. The zero-order valence-electron chi connectivity index (χ0n) is 20.4. The van der Waals surface area contributed by atoms with Crippen LogP contribution in [0.1, 0.15) is 142 Å². The molecule has 0 bridgehead atoms. The monoisotopic (exact) mass is 456 g/mol. The molecule has 0 radical (unpaired) electrons. The van der Waals surface area contributed by atoms with Crippen molar-refractivity contribution in [2.75, 3.05) is 0 Å². The van der Waals surface area contributed by atoms with Crippen LogP contribution < -0.4 is 29.6 Å². The van der Waals surface area contributed by atoms with E-state index in [1.165, 1.54) is 90.4 Å². The van der Waals surface area contributed by atoms with E-state index in [2.05, 4.69) is 6.92 Å². The van der Waals surface area contributed by atoms with Gasteiger partial charge in [-0.15, -0.1) is 0 Å². The molecule has 0 saturated heterocycles. The van der Waals surface area contributed by atoms with Crippen molar-refractivity contribution in [1.82, 2.24) is 0 Å². The summed E-state index contributed by atoms with van der Waals surface area (Å²) in [6.45, 7) is 3.76. The van der Waals surface area contributed by atoms with Gasteiger partial charge in [0, 0.05) is 5.25 Å². The van der Waals surface area contributed by atoms with E-state index < -0.39 is 15.4 Å². The number of unbranched alkanes of at least 4 members (excludes halogenated alkanes) is 15. The second kappa shape index (κ2) is 23.0. The van der Waals surface area contributed by atoms with Gasteiger partial charge in [0.05, 0.1) is 16.2 Å². The summed E-state index contributed by atoms with van der Waals surface area (Å²) in [5.41, 5.74) is 0. The Labute approximate surface area is 210 Å². The third kappa shape index (κ3) is 23.5. The molecule has 0 aliphatic heterocycles. The van der Waals surface area contributed by atoms with E-state index in [1.54, 1.807) is 0 Å². The Morgan fingerprint density at radius 3 is 1.27 bits per heavy atom. The van der Waals surface area contributed by atoms with Crippen LogP contribution in [0.5, 0.6) is 0 Å². The molecular formula is C24H49NaO4S. The molecule has 0 aromatic carbocycles. The van der Waals surface area contributed by atoms with Crippen LogP contribution in [0.15, 0.2) is 0 Å². The fourth-order valence-electron chi connectivity index (χ4n) is 3.85. The van der Waals surface area contributed by atoms with Crippen molar-refractivity contribution in [3.63, 3.8) is 0 Å². The fraction of sp³-hybridized carbons (Fsp3) is 1.00. The van der Waals surface area contributed by atoms with Crippen LogP contribution >= 0.6 is 0 Å². The summed E-state index contributed by atoms with van der Waals surface area (Å²) in [6.07, 6.45) is 23.1. The van der Waals surface area contributed by atoms with E-state index >= 15 is 0 Å². The van der Waals surface area contributed by atoms with Gasteiger partial charge >= 0.3 is 29.6 Å². The molecule has 0 aromatic rings. The summed E-state index contributed by atoms with van der Waals surface area (Å²) >= 11 is 0. The van der Waals surface area contributed by atoms with Gasteiger partial charge in [0.15, 0.2) is 0 Å². The van der Waals surface area contributed by atoms with Crippen LogP contribution in [-0.4, -0.2) is 29.4 Å². The van der Waals surface area contributed by atoms with Crippen LogP contribution in [-0.2, 0) is 10.1 Å². The topological polar surface area (TPSA) is 77.4 Å². The third-order valence-electron chi connectivity index (χ3n) is 6.03. The Hall–Kier alpha value is 0.870. The molecule has 0 amide bonds. The van der Waals surface area contributed by atoms with Crippen molar-refractivity contribution in [3.8, 4) is 0 Å². The van der Waals surface area contributed by atoms with E-state index in [9.17, 15) is 18.1 Å². The molecule has 0 heterocycles. The van der Waals surface area contributed by atoms with E-state index in [4.69, 9.17) is 0 Å². The molecule has 1 N–H and O–H groups in total. The first-order valence-corrected chi connectivity index (χ1v) is 14.0. The molecule has 0 fully saturated rings. The largest absolute Gasteiger partial charge is 1.00 e.